The maximum atomic E-state index is 11.9. The van der Waals surface area contributed by atoms with Crippen LogP contribution in [0.1, 0.15) is 38.8 Å². The fourth-order valence-corrected chi connectivity index (χ4v) is 1.87. The van der Waals surface area contributed by atoms with Gasteiger partial charge >= 0.3 is 0 Å². The molecule has 88 valence electrons. The molecule has 1 amide bonds. The molecule has 3 nitrogen and oxygen atoms in total. The van der Waals surface area contributed by atoms with E-state index in [-0.39, 0.29) is 17.9 Å². The highest BCUT2D eigenvalue weighted by molar-refractivity contribution is 5.78. The monoisotopic (exact) mass is 220 g/mol. The molecule has 0 aromatic carbocycles. The number of hydrogen-bond donors (Lipinski definition) is 0. The van der Waals surface area contributed by atoms with Gasteiger partial charge in [0.2, 0.25) is 5.91 Å². The number of nitrogens with zero attached hydrogens (tertiary/aromatic N) is 2. The Morgan fingerprint density at radius 1 is 1.50 bits per heavy atom. The summed E-state index contributed by atoms with van der Waals surface area (Å²) < 4.78 is 0. The van der Waals surface area contributed by atoms with Gasteiger partial charge in [0.1, 0.15) is 0 Å². The molecule has 0 fully saturated rings. The van der Waals surface area contributed by atoms with Gasteiger partial charge in [0.05, 0.1) is 6.04 Å². The first-order valence-electron chi connectivity index (χ1n) is 5.74. The third kappa shape index (κ3) is 2.81. The number of carbonyl (C=O) groups is 1. The fraction of sp³-hybridized carbons (Fsp3) is 0.538. The van der Waals surface area contributed by atoms with Crippen LogP contribution in [0.2, 0.25) is 0 Å². The minimum absolute atomic E-state index is 0.0377. The summed E-state index contributed by atoms with van der Waals surface area (Å²) in [6.45, 7) is 5.94. The zero-order valence-electron chi connectivity index (χ0n) is 10.5. The highest BCUT2D eigenvalue weighted by Crippen LogP contribution is 2.23. The first-order chi connectivity index (χ1) is 7.57. The van der Waals surface area contributed by atoms with Crippen LogP contribution >= 0.6 is 0 Å². The number of aromatic nitrogens is 1. The lowest BCUT2D eigenvalue weighted by Crippen LogP contribution is -2.34. The van der Waals surface area contributed by atoms with E-state index >= 15 is 0 Å². The van der Waals surface area contributed by atoms with Crippen LogP contribution in [0, 0.1) is 5.92 Å². The van der Waals surface area contributed by atoms with Crippen molar-refractivity contribution >= 4 is 5.91 Å². The number of hydrogen-bond acceptors (Lipinski definition) is 2. The van der Waals surface area contributed by atoms with Crippen LogP contribution in [-0.2, 0) is 4.79 Å². The molecule has 1 aromatic heterocycles. The van der Waals surface area contributed by atoms with Crippen molar-refractivity contribution in [2.45, 2.75) is 33.2 Å². The molecule has 0 saturated carbocycles. The zero-order chi connectivity index (χ0) is 12.1. The van der Waals surface area contributed by atoms with Gasteiger partial charge < -0.3 is 4.90 Å². The summed E-state index contributed by atoms with van der Waals surface area (Å²) in [6, 6.07) is 4.06. The van der Waals surface area contributed by atoms with Crippen LogP contribution in [0.4, 0.5) is 0 Å². The second-order valence-electron chi connectivity index (χ2n) is 4.31. The van der Waals surface area contributed by atoms with E-state index in [0.717, 1.165) is 12.0 Å². The lowest BCUT2D eigenvalue weighted by Gasteiger charge is -2.29. The van der Waals surface area contributed by atoms with Crippen LogP contribution in [-0.4, -0.2) is 22.8 Å². The van der Waals surface area contributed by atoms with Gasteiger partial charge in [-0.2, -0.15) is 0 Å². The zero-order valence-corrected chi connectivity index (χ0v) is 10.5. The van der Waals surface area contributed by atoms with Crippen molar-refractivity contribution in [3.63, 3.8) is 0 Å². The summed E-state index contributed by atoms with van der Waals surface area (Å²) in [7, 11) is 1.86. The molecule has 1 rings (SSSR count). The molecular formula is C13H20N2O. The maximum absolute atomic E-state index is 11.9. The number of amides is 1. The summed E-state index contributed by atoms with van der Waals surface area (Å²) in [6.07, 6.45) is 4.49. The Balaban J connectivity index is 2.87. The van der Waals surface area contributed by atoms with E-state index in [2.05, 4.69) is 11.9 Å². The van der Waals surface area contributed by atoms with E-state index in [4.69, 9.17) is 0 Å². The molecule has 0 radical (unpaired) electrons. The summed E-state index contributed by atoms with van der Waals surface area (Å²) in [5.74, 6) is 0.214. The van der Waals surface area contributed by atoms with Crippen molar-refractivity contribution in [1.82, 2.24) is 9.88 Å². The number of carbonyl (C=O) groups excluding carboxylic acids is 1. The molecule has 0 N–H and O–H groups in total. The average Bonchev–Trinajstić information content (AvgIpc) is 2.30. The molecule has 0 bridgehead atoms. The normalized spacial score (nSPS) is 12.6. The average molecular weight is 220 g/mol. The predicted octanol–water partition coefficient (Wildman–Crippen LogP) is 2.65. The van der Waals surface area contributed by atoms with Crippen LogP contribution in [0.3, 0.4) is 0 Å². The molecule has 0 aliphatic heterocycles. The molecule has 16 heavy (non-hydrogen) atoms. The second kappa shape index (κ2) is 5.64. The SMILES string of the molecule is CCC(c1cccnc1)N(C)C(=O)C(C)C. The maximum Gasteiger partial charge on any atom is 0.225 e. The molecule has 1 aromatic rings. The molecule has 0 spiro atoms. The van der Waals surface area contributed by atoms with Crippen molar-refractivity contribution in [2.75, 3.05) is 7.05 Å². The van der Waals surface area contributed by atoms with Crippen molar-refractivity contribution in [3.8, 4) is 0 Å². The van der Waals surface area contributed by atoms with Crippen molar-refractivity contribution in [2.24, 2.45) is 5.92 Å². The Morgan fingerprint density at radius 3 is 2.62 bits per heavy atom. The molecule has 1 atom stereocenters. The van der Waals surface area contributed by atoms with E-state index in [9.17, 15) is 4.79 Å². The predicted molar refractivity (Wildman–Crippen MR) is 64.9 cm³/mol. The lowest BCUT2D eigenvalue weighted by molar-refractivity contribution is -0.135. The van der Waals surface area contributed by atoms with E-state index in [1.807, 2.05) is 44.1 Å². The van der Waals surface area contributed by atoms with Gasteiger partial charge in [-0.3, -0.25) is 9.78 Å². The summed E-state index contributed by atoms with van der Waals surface area (Å²) in [5.41, 5.74) is 1.10. The number of pyridine rings is 1. The van der Waals surface area contributed by atoms with E-state index in [0.29, 0.717) is 0 Å². The lowest BCUT2D eigenvalue weighted by atomic mass is 10.0. The van der Waals surface area contributed by atoms with Crippen molar-refractivity contribution < 1.29 is 4.79 Å². The minimum Gasteiger partial charge on any atom is -0.338 e. The van der Waals surface area contributed by atoms with Gasteiger partial charge in [0.25, 0.3) is 0 Å². The largest absolute Gasteiger partial charge is 0.338 e. The molecule has 3 heteroatoms. The molecule has 0 aliphatic rings. The molecular weight excluding hydrogens is 200 g/mol. The van der Waals surface area contributed by atoms with Gasteiger partial charge in [-0.1, -0.05) is 26.8 Å². The van der Waals surface area contributed by atoms with Gasteiger partial charge in [0, 0.05) is 25.4 Å². The third-order valence-electron chi connectivity index (χ3n) is 2.76. The Labute approximate surface area is 97.5 Å². The molecule has 0 saturated heterocycles. The van der Waals surface area contributed by atoms with Crippen molar-refractivity contribution in [1.29, 1.82) is 0 Å². The summed E-state index contributed by atoms with van der Waals surface area (Å²) in [5, 5.41) is 0. The Kier molecular flexibility index (Phi) is 4.47. The Morgan fingerprint density at radius 2 is 2.19 bits per heavy atom. The van der Waals surface area contributed by atoms with E-state index in [1.54, 1.807) is 6.20 Å². The smallest absolute Gasteiger partial charge is 0.225 e. The van der Waals surface area contributed by atoms with Crippen LogP contribution < -0.4 is 0 Å². The Hall–Kier alpha value is -1.38. The van der Waals surface area contributed by atoms with Gasteiger partial charge in [0.15, 0.2) is 0 Å². The van der Waals surface area contributed by atoms with E-state index in [1.165, 1.54) is 0 Å². The van der Waals surface area contributed by atoms with E-state index < -0.39 is 0 Å². The van der Waals surface area contributed by atoms with Gasteiger partial charge in [-0.15, -0.1) is 0 Å². The highest BCUT2D eigenvalue weighted by Gasteiger charge is 2.21. The van der Waals surface area contributed by atoms with Crippen LogP contribution in [0.15, 0.2) is 24.5 Å². The van der Waals surface area contributed by atoms with Crippen LogP contribution in [0.5, 0.6) is 0 Å². The molecule has 0 aliphatic carbocycles. The molecule has 1 unspecified atom stereocenters. The van der Waals surface area contributed by atoms with Crippen LogP contribution in [0.25, 0.3) is 0 Å². The third-order valence-corrected chi connectivity index (χ3v) is 2.76. The quantitative estimate of drug-likeness (QED) is 0.781. The summed E-state index contributed by atoms with van der Waals surface area (Å²) >= 11 is 0. The van der Waals surface area contributed by atoms with Crippen molar-refractivity contribution in [3.05, 3.63) is 30.1 Å². The van der Waals surface area contributed by atoms with Gasteiger partial charge in [-0.25, -0.2) is 0 Å². The number of rotatable bonds is 4. The second-order valence-corrected chi connectivity index (χ2v) is 4.31. The first-order valence-corrected chi connectivity index (χ1v) is 5.74. The highest BCUT2D eigenvalue weighted by atomic mass is 16.2. The van der Waals surface area contributed by atoms with Gasteiger partial charge in [-0.05, 0) is 18.1 Å². The topological polar surface area (TPSA) is 33.2 Å². The fourth-order valence-electron chi connectivity index (χ4n) is 1.87. The standard InChI is InChI=1S/C13H20N2O/c1-5-12(11-7-6-8-14-9-11)15(4)13(16)10(2)3/h6-10,12H,5H2,1-4H3. The Bertz CT molecular complexity index is 335. The summed E-state index contributed by atoms with van der Waals surface area (Å²) in [4.78, 5) is 17.8. The molecule has 1 heterocycles. The minimum atomic E-state index is 0.0377. The first kappa shape index (κ1) is 12.7.